The lowest BCUT2D eigenvalue weighted by molar-refractivity contribution is 0.542. The Labute approximate surface area is 150 Å². The molecule has 1 aliphatic rings. The van der Waals surface area contributed by atoms with Crippen molar-refractivity contribution < 1.29 is 0 Å². The first-order valence-electron chi connectivity index (χ1n) is 8.89. The second kappa shape index (κ2) is 7.13. The predicted octanol–water partition coefficient (Wildman–Crippen LogP) is 4.85. The minimum absolute atomic E-state index is 0.0332. The van der Waals surface area contributed by atoms with Crippen LogP contribution < -0.4 is 15.5 Å². The number of benzene rings is 1. The molecule has 0 aliphatic carbocycles. The molecule has 2 N–H and O–H groups in total. The van der Waals surface area contributed by atoms with E-state index in [1.165, 1.54) is 5.69 Å². The maximum atomic E-state index is 4.67. The van der Waals surface area contributed by atoms with Gasteiger partial charge in [0.1, 0.15) is 5.82 Å². The highest BCUT2D eigenvalue weighted by molar-refractivity contribution is 5.66. The van der Waals surface area contributed by atoms with Crippen LogP contribution in [0.3, 0.4) is 0 Å². The Balaban J connectivity index is 1.80. The van der Waals surface area contributed by atoms with Gasteiger partial charge in [-0.2, -0.15) is 4.98 Å². The van der Waals surface area contributed by atoms with Gasteiger partial charge in [0.2, 0.25) is 5.95 Å². The fourth-order valence-electron chi connectivity index (χ4n) is 2.62. The van der Waals surface area contributed by atoms with Gasteiger partial charge in [-0.15, -0.1) is 0 Å². The summed E-state index contributed by atoms with van der Waals surface area (Å²) < 4.78 is 0. The molecule has 0 saturated heterocycles. The molecule has 5 heteroatoms. The Kier molecular flexibility index (Phi) is 4.93. The third kappa shape index (κ3) is 4.29. The Morgan fingerprint density at radius 1 is 1.28 bits per heavy atom. The number of rotatable bonds is 6. The summed E-state index contributed by atoms with van der Waals surface area (Å²) in [5.74, 6) is 1.48. The van der Waals surface area contributed by atoms with Gasteiger partial charge in [-0.1, -0.05) is 19.1 Å². The van der Waals surface area contributed by atoms with Crippen molar-refractivity contribution in [3.63, 3.8) is 0 Å². The molecule has 0 bridgehead atoms. The smallest absolute Gasteiger partial charge is 0.225 e. The fourth-order valence-corrected chi connectivity index (χ4v) is 2.62. The van der Waals surface area contributed by atoms with Crippen LogP contribution in [0, 0.1) is 6.92 Å². The average molecular weight is 337 g/mol. The quantitative estimate of drug-likeness (QED) is 0.789. The van der Waals surface area contributed by atoms with Crippen molar-refractivity contribution in [3.05, 3.63) is 48.3 Å². The summed E-state index contributed by atoms with van der Waals surface area (Å²) in [4.78, 5) is 11.3. The molecule has 132 valence electrons. The number of hydrogen-bond acceptors (Lipinski definition) is 5. The maximum Gasteiger partial charge on any atom is 0.225 e. The summed E-state index contributed by atoms with van der Waals surface area (Å²) in [7, 11) is 0. The minimum Gasteiger partial charge on any atom is -0.349 e. The molecule has 2 heterocycles. The summed E-state index contributed by atoms with van der Waals surface area (Å²) in [6, 6.07) is 8.42. The van der Waals surface area contributed by atoms with Crippen LogP contribution in [-0.4, -0.2) is 22.1 Å². The standard InChI is InChI=1S/C20H27N5/c1-5-20(3,4)24-19-21-14-15(2)18(23-19)22-16-9-8-10-17(13-16)25-11-6-7-12-25/h6,8-11,13-14H,5,7,12H2,1-4H3,(H2,21,22,23,24). The summed E-state index contributed by atoms with van der Waals surface area (Å²) in [5, 5.41) is 6.84. The summed E-state index contributed by atoms with van der Waals surface area (Å²) >= 11 is 0. The monoisotopic (exact) mass is 337 g/mol. The summed E-state index contributed by atoms with van der Waals surface area (Å²) in [6.07, 6.45) is 8.30. The van der Waals surface area contributed by atoms with Gasteiger partial charge >= 0.3 is 0 Å². The first kappa shape index (κ1) is 17.3. The van der Waals surface area contributed by atoms with Crippen molar-refractivity contribution in [2.75, 3.05) is 22.1 Å². The van der Waals surface area contributed by atoms with Gasteiger partial charge in [0.15, 0.2) is 0 Å². The number of aromatic nitrogens is 2. The second-order valence-corrected chi connectivity index (χ2v) is 7.13. The molecule has 3 rings (SSSR count). The normalized spacial score (nSPS) is 14.0. The highest BCUT2D eigenvalue weighted by atomic mass is 15.2. The second-order valence-electron chi connectivity index (χ2n) is 7.13. The van der Waals surface area contributed by atoms with Gasteiger partial charge in [-0.05, 0) is 51.8 Å². The zero-order valence-electron chi connectivity index (χ0n) is 15.5. The number of nitrogens with zero attached hydrogens (tertiary/aromatic N) is 3. The summed E-state index contributed by atoms with van der Waals surface area (Å²) in [5.41, 5.74) is 3.21. The van der Waals surface area contributed by atoms with Crippen molar-refractivity contribution in [3.8, 4) is 0 Å². The molecule has 25 heavy (non-hydrogen) atoms. The molecule has 1 aliphatic heterocycles. The topological polar surface area (TPSA) is 53.1 Å². The molecule has 0 spiro atoms. The van der Waals surface area contributed by atoms with E-state index in [1.54, 1.807) is 0 Å². The van der Waals surface area contributed by atoms with Crippen molar-refractivity contribution >= 4 is 23.1 Å². The van der Waals surface area contributed by atoms with E-state index < -0.39 is 0 Å². The third-order valence-electron chi connectivity index (χ3n) is 4.57. The zero-order chi connectivity index (χ0) is 17.9. The van der Waals surface area contributed by atoms with Crippen molar-refractivity contribution in [1.29, 1.82) is 0 Å². The van der Waals surface area contributed by atoms with Crippen molar-refractivity contribution in [2.24, 2.45) is 0 Å². The Bertz CT molecular complexity index is 766. The van der Waals surface area contributed by atoms with Crippen LogP contribution in [-0.2, 0) is 0 Å². The van der Waals surface area contributed by atoms with Crippen LogP contribution in [0.15, 0.2) is 42.7 Å². The molecule has 0 unspecified atom stereocenters. The number of hydrogen-bond donors (Lipinski definition) is 2. The largest absolute Gasteiger partial charge is 0.349 e. The lowest BCUT2D eigenvalue weighted by Crippen LogP contribution is -2.30. The minimum atomic E-state index is -0.0332. The van der Waals surface area contributed by atoms with Crippen LogP contribution >= 0.6 is 0 Å². The number of aryl methyl sites for hydroxylation is 1. The fraction of sp³-hybridized carbons (Fsp3) is 0.400. The van der Waals surface area contributed by atoms with E-state index in [2.05, 4.69) is 82.8 Å². The van der Waals surface area contributed by atoms with Crippen molar-refractivity contribution in [1.82, 2.24) is 9.97 Å². The average Bonchev–Trinajstić information content (AvgIpc) is 3.13. The molecule has 5 nitrogen and oxygen atoms in total. The first-order valence-corrected chi connectivity index (χ1v) is 8.89. The maximum absolute atomic E-state index is 4.67. The van der Waals surface area contributed by atoms with Gasteiger partial charge in [0.05, 0.1) is 0 Å². The molecule has 1 aromatic heterocycles. The lowest BCUT2D eigenvalue weighted by atomic mass is 10.0. The zero-order valence-corrected chi connectivity index (χ0v) is 15.5. The van der Waals surface area contributed by atoms with Gasteiger partial charge in [-0.3, -0.25) is 0 Å². The van der Waals surface area contributed by atoms with Crippen LogP contribution in [0.1, 0.15) is 39.2 Å². The van der Waals surface area contributed by atoms with E-state index in [-0.39, 0.29) is 5.54 Å². The third-order valence-corrected chi connectivity index (χ3v) is 4.57. The molecule has 0 radical (unpaired) electrons. The molecule has 1 aromatic carbocycles. The Morgan fingerprint density at radius 2 is 2.12 bits per heavy atom. The van der Waals surface area contributed by atoms with E-state index in [1.807, 2.05) is 13.1 Å². The van der Waals surface area contributed by atoms with Crippen LogP contribution in [0.4, 0.5) is 23.1 Å². The van der Waals surface area contributed by atoms with Crippen molar-refractivity contribution in [2.45, 2.75) is 46.1 Å². The molecular formula is C20H27N5. The molecule has 0 amide bonds. The summed E-state index contributed by atoms with van der Waals surface area (Å²) in [6.45, 7) is 9.51. The highest BCUT2D eigenvalue weighted by Crippen LogP contribution is 2.26. The van der Waals surface area contributed by atoms with Gasteiger partial charge in [-0.25, -0.2) is 4.98 Å². The van der Waals surface area contributed by atoms with E-state index in [4.69, 9.17) is 0 Å². The molecular weight excluding hydrogens is 310 g/mol. The molecule has 0 saturated carbocycles. The molecule has 2 aromatic rings. The van der Waals surface area contributed by atoms with Crippen LogP contribution in [0.25, 0.3) is 0 Å². The van der Waals surface area contributed by atoms with E-state index in [0.717, 1.165) is 36.5 Å². The highest BCUT2D eigenvalue weighted by Gasteiger charge is 2.16. The van der Waals surface area contributed by atoms with E-state index in [0.29, 0.717) is 5.95 Å². The Morgan fingerprint density at radius 3 is 2.84 bits per heavy atom. The van der Waals surface area contributed by atoms with E-state index in [9.17, 15) is 0 Å². The van der Waals surface area contributed by atoms with Gasteiger partial charge in [0.25, 0.3) is 0 Å². The predicted molar refractivity (Wildman–Crippen MR) is 106 cm³/mol. The van der Waals surface area contributed by atoms with Crippen LogP contribution in [0.5, 0.6) is 0 Å². The van der Waals surface area contributed by atoms with Gasteiger partial charge in [0, 0.05) is 41.4 Å². The SMILES string of the molecule is CCC(C)(C)Nc1ncc(C)c(Nc2cccc(N3C=CCC3)c2)n1. The molecule has 0 atom stereocenters. The first-order chi connectivity index (χ1) is 12.0. The van der Waals surface area contributed by atoms with Gasteiger partial charge < -0.3 is 15.5 Å². The molecule has 0 fully saturated rings. The van der Waals surface area contributed by atoms with Crippen LogP contribution in [0.2, 0.25) is 0 Å². The lowest BCUT2D eigenvalue weighted by Gasteiger charge is -2.24. The number of nitrogens with one attached hydrogen (secondary N) is 2. The number of anilines is 4. The Hall–Kier alpha value is -2.56. The van der Waals surface area contributed by atoms with E-state index >= 15 is 0 Å².